The summed E-state index contributed by atoms with van der Waals surface area (Å²) in [5.74, 6) is 0.211. The highest BCUT2D eigenvalue weighted by molar-refractivity contribution is 9.10. The van der Waals surface area contributed by atoms with Crippen molar-refractivity contribution < 1.29 is 19.1 Å². The second kappa shape index (κ2) is 12.9. The smallest absolute Gasteiger partial charge is 0.249 e. The standard InChI is InChI=1S/C25H23Br2N3O4/c1-2-33-23-13-18(9-12-22(23)34-16-17-7-10-19(26)11-8-17)15-28-30-25(32)14-24(31)29-21-6-4-3-5-20(21)27/h3-13,15H,2,14,16H2,1H3,(H,29,31)(H,30,32). The molecule has 0 aliphatic rings. The van der Waals surface area contributed by atoms with Gasteiger partial charge in [0.2, 0.25) is 11.8 Å². The topological polar surface area (TPSA) is 89.0 Å². The quantitative estimate of drug-likeness (QED) is 0.181. The molecule has 0 bridgehead atoms. The highest BCUT2D eigenvalue weighted by Crippen LogP contribution is 2.29. The van der Waals surface area contributed by atoms with Crippen LogP contribution in [0.2, 0.25) is 0 Å². The summed E-state index contributed by atoms with van der Waals surface area (Å²) in [5, 5.41) is 6.61. The molecule has 2 N–H and O–H groups in total. The molecule has 0 saturated heterocycles. The fraction of sp³-hybridized carbons (Fsp3) is 0.160. The Bertz CT molecular complexity index is 1170. The summed E-state index contributed by atoms with van der Waals surface area (Å²) in [6.07, 6.45) is 1.12. The van der Waals surface area contributed by atoms with Gasteiger partial charge in [0.25, 0.3) is 0 Å². The van der Waals surface area contributed by atoms with Crippen LogP contribution in [0, 0.1) is 0 Å². The Morgan fingerprint density at radius 3 is 2.44 bits per heavy atom. The Kier molecular flexibility index (Phi) is 9.66. The summed E-state index contributed by atoms with van der Waals surface area (Å²) in [4.78, 5) is 24.1. The third-order valence-corrected chi connectivity index (χ3v) is 5.67. The first kappa shape index (κ1) is 25.5. The number of nitrogens with one attached hydrogen (secondary N) is 2. The van der Waals surface area contributed by atoms with Crippen LogP contribution in [0.15, 0.2) is 80.8 Å². The van der Waals surface area contributed by atoms with Gasteiger partial charge in [-0.15, -0.1) is 0 Å². The molecule has 3 rings (SSSR count). The van der Waals surface area contributed by atoms with Gasteiger partial charge in [0.05, 0.1) is 18.5 Å². The van der Waals surface area contributed by atoms with Crippen LogP contribution in [0.1, 0.15) is 24.5 Å². The van der Waals surface area contributed by atoms with Gasteiger partial charge < -0.3 is 14.8 Å². The fourth-order valence-electron chi connectivity index (χ4n) is 2.86. The number of ether oxygens (including phenoxy) is 2. The maximum atomic E-state index is 12.1. The van der Waals surface area contributed by atoms with E-state index < -0.39 is 11.8 Å². The molecule has 0 saturated carbocycles. The van der Waals surface area contributed by atoms with Crippen molar-refractivity contribution in [3.63, 3.8) is 0 Å². The first-order valence-corrected chi connectivity index (χ1v) is 12.0. The minimum absolute atomic E-state index is 0.355. The number of amides is 2. The van der Waals surface area contributed by atoms with Gasteiger partial charge in [0.1, 0.15) is 13.0 Å². The van der Waals surface area contributed by atoms with Gasteiger partial charge in [-0.3, -0.25) is 9.59 Å². The summed E-state index contributed by atoms with van der Waals surface area (Å²) in [6.45, 7) is 2.76. The molecule has 176 valence electrons. The normalized spacial score (nSPS) is 10.7. The number of halogens is 2. The van der Waals surface area contributed by atoms with Crippen molar-refractivity contribution in [3.8, 4) is 11.5 Å². The molecule has 3 aromatic rings. The van der Waals surface area contributed by atoms with Crippen LogP contribution in [-0.4, -0.2) is 24.6 Å². The van der Waals surface area contributed by atoms with Gasteiger partial charge in [-0.1, -0.05) is 40.2 Å². The van der Waals surface area contributed by atoms with Crippen LogP contribution in [0.25, 0.3) is 0 Å². The molecule has 2 amide bonds. The molecule has 9 heteroatoms. The van der Waals surface area contributed by atoms with Crippen LogP contribution in [0.4, 0.5) is 5.69 Å². The highest BCUT2D eigenvalue weighted by Gasteiger charge is 2.11. The van der Waals surface area contributed by atoms with Crippen molar-refractivity contribution in [1.29, 1.82) is 0 Å². The first-order valence-electron chi connectivity index (χ1n) is 10.4. The Hall–Kier alpha value is -3.17. The predicted octanol–water partition coefficient (Wildman–Crippen LogP) is 5.67. The molecule has 7 nitrogen and oxygen atoms in total. The van der Waals surface area contributed by atoms with E-state index in [-0.39, 0.29) is 6.42 Å². The molecular weight excluding hydrogens is 566 g/mol. The molecule has 0 radical (unpaired) electrons. The molecule has 34 heavy (non-hydrogen) atoms. The third kappa shape index (κ3) is 8.00. The van der Waals surface area contributed by atoms with E-state index in [2.05, 4.69) is 47.7 Å². The van der Waals surface area contributed by atoms with Crippen molar-refractivity contribution in [2.75, 3.05) is 11.9 Å². The number of rotatable bonds is 10. The number of para-hydroxylation sites is 1. The Labute approximate surface area is 214 Å². The number of hydrazone groups is 1. The van der Waals surface area contributed by atoms with Crippen LogP contribution in [0.3, 0.4) is 0 Å². The zero-order valence-electron chi connectivity index (χ0n) is 18.4. The van der Waals surface area contributed by atoms with Crippen molar-refractivity contribution in [2.24, 2.45) is 5.10 Å². The van der Waals surface area contributed by atoms with Gasteiger partial charge >= 0.3 is 0 Å². The molecule has 0 heterocycles. The SMILES string of the molecule is CCOc1cc(C=NNC(=O)CC(=O)Nc2ccccc2Br)ccc1OCc1ccc(Br)cc1. The van der Waals surface area contributed by atoms with E-state index >= 15 is 0 Å². The van der Waals surface area contributed by atoms with Gasteiger partial charge in [-0.2, -0.15) is 5.10 Å². The molecule has 0 atom stereocenters. The summed E-state index contributed by atoms with van der Waals surface area (Å²) >= 11 is 6.76. The first-order chi connectivity index (χ1) is 16.4. The number of carbonyl (C=O) groups is 2. The van der Waals surface area contributed by atoms with E-state index in [4.69, 9.17) is 9.47 Å². The summed E-state index contributed by atoms with van der Waals surface area (Å²) in [6, 6.07) is 20.4. The zero-order chi connectivity index (χ0) is 24.3. The number of hydrogen-bond donors (Lipinski definition) is 2. The van der Waals surface area contributed by atoms with E-state index in [0.717, 1.165) is 14.5 Å². The molecule has 0 aliphatic heterocycles. The molecule has 0 unspecified atom stereocenters. The van der Waals surface area contributed by atoms with Gasteiger partial charge in [0, 0.05) is 8.95 Å². The largest absolute Gasteiger partial charge is 0.490 e. The lowest BCUT2D eigenvalue weighted by atomic mass is 10.2. The lowest BCUT2D eigenvalue weighted by molar-refractivity contribution is -0.126. The molecular formula is C25H23Br2N3O4. The van der Waals surface area contributed by atoms with Crippen molar-refractivity contribution >= 4 is 55.6 Å². The second-order valence-electron chi connectivity index (χ2n) is 7.05. The maximum absolute atomic E-state index is 12.1. The minimum atomic E-state index is -0.528. The number of benzene rings is 3. The molecule has 0 aromatic heterocycles. The van der Waals surface area contributed by atoms with Crippen molar-refractivity contribution in [2.45, 2.75) is 20.0 Å². The minimum Gasteiger partial charge on any atom is -0.490 e. The van der Waals surface area contributed by atoms with E-state index in [9.17, 15) is 9.59 Å². The monoisotopic (exact) mass is 587 g/mol. The fourth-order valence-corrected chi connectivity index (χ4v) is 3.50. The van der Waals surface area contributed by atoms with E-state index in [1.165, 1.54) is 6.21 Å². The van der Waals surface area contributed by atoms with Crippen LogP contribution in [-0.2, 0) is 16.2 Å². The van der Waals surface area contributed by atoms with Crippen LogP contribution < -0.4 is 20.2 Å². The van der Waals surface area contributed by atoms with Gasteiger partial charge in [0.15, 0.2) is 11.5 Å². The maximum Gasteiger partial charge on any atom is 0.249 e. The molecule has 3 aromatic carbocycles. The van der Waals surface area contributed by atoms with E-state index in [1.807, 2.05) is 37.3 Å². The second-order valence-corrected chi connectivity index (χ2v) is 8.82. The van der Waals surface area contributed by atoms with Crippen LogP contribution in [0.5, 0.6) is 11.5 Å². The molecule has 0 fully saturated rings. The van der Waals surface area contributed by atoms with Crippen molar-refractivity contribution in [1.82, 2.24) is 5.43 Å². The number of hydrogen-bond acceptors (Lipinski definition) is 5. The third-order valence-electron chi connectivity index (χ3n) is 4.45. The van der Waals surface area contributed by atoms with Crippen LogP contribution >= 0.6 is 31.9 Å². The van der Waals surface area contributed by atoms with Gasteiger partial charge in [-0.25, -0.2) is 5.43 Å². The molecule has 0 aliphatic carbocycles. The lowest BCUT2D eigenvalue weighted by Crippen LogP contribution is -2.24. The van der Waals surface area contributed by atoms with E-state index in [0.29, 0.717) is 36.0 Å². The number of anilines is 1. The summed E-state index contributed by atoms with van der Waals surface area (Å²) in [5.41, 5.74) is 4.69. The molecule has 0 spiro atoms. The summed E-state index contributed by atoms with van der Waals surface area (Å²) in [7, 11) is 0. The average Bonchev–Trinajstić information content (AvgIpc) is 2.81. The highest BCUT2D eigenvalue weighted by atomic mass is 79.9. The van der Waals surface area contributed by atoms with Crippen molar-refractivity contribution in [3.05, 3.63) is 86.8 Å². The summed E-state index contributed by atoms with van der Waals surface area (Å²) < 4.78 is 13.3. The number of carbonyl (C=O) groups excluding carboxylic acids is 2. The Morgan fingerprint density at radius 2 is 1.71 bits per heavy atom. The lowest BCUT2D eigenvalue weighted by Gasteiger charge is -2.12. The zero-order valence-corrected chi connectivity index (χ0v) is 21.6. The number of nitrogens with zero attached hydrogens (tertiary/aromatic N) is 1. The Morgan fingerprint density at radius 1 is 0.941 bits per heavy atom. The van der Waals surface area contributed by atoms with E-state index in [1.54, 1.807) is 36.4 Å². The Balaban J connectivity index is 1.54. The van der Waals surface area contributed by atoms with Gasteiger partial charge in [-0.05, 0) is 76.4 Å². The average molecular weight is 589 g/mol. The predicted molar refractivity (Wildman–Crippen MR) is 139 cm³/mol.